The van der Waals surface area contributed by atoms with Crippen molar-refractivity contribution in [2.45, 2.75) is 63.4 Å². The van der Waals surface area contributed by atoms with E-state index in [9.17, 15) is 16.8 Å². The van der Waals surface area contributed by atoms with E-state index >= 15 is 0 Å². The van der Waals surface area contributed by atoms with Gasteiger partial charge in [0.05, 0.1) is 28.7 Å². The molecule has 0 radical (unpaired) electrons. The van der Waals surface area contributed by atoms with Crippen molar-refractivity contribution >= 4 is 25.7 Å². The molecule has 38 heavy (non-hydrogen) atoms. The summed E-state index contributed by atoms with van der Waals surface area (Å²) in [5, 5.41) is 0. The lowest BCUT2D eigenvalue weighted by Crippen LogP contribution is -2.49. The highest BCUT2D eigenvalue weighted by atomic mass is 32.2. The molecular formula is C27H39N3O6S2. The molecule has 2 fully saturated rings. The van der Waals surface area contributed by atoms with Crippen molar-refractivity contribution in [2.24, 2.45) is 0 Å². The molecule has 2 aromatic carbocycles. The van der Waals surface area contributed by atoms with Crippen molar-refractivity contribution < 1.29 is 26.3 Å². The molecule has 2 aliphatic rings. The van der Waals surface area contributed by atoms with Crippen molar-refractivity contribution in [3.63, 3.8) is 0 Å². The standard InChI is InChI=1S/C27H39N3O6S2/c1-18-19(2)21(4)27(22(5)20(18)3)38(33,34)30-13-11-29(12-14-30)25-16-24(9-10-26(25)35-6)37(31,32)28-17-23-8-7-15-36-23/h9-10,16,23,28H,7-8,11-15,17H2,1-6H3/t23-/m1/s1. The number of ether oxygens (including phenoxy) is 2. The molecule has 0 unspecified atom stereocenters. The SMILES string of the molecule is COc1ccc(S(=O)(=O)NC[C@H]2CCCO2)cc1N1CCN(S(=O)(=O)c2c(C)c(C)c(C)c(C)c2C)CC1. The number of methoxy groups -OCH3 is 1. The van der Waals surface area contributed by atoms with Gasteiger partial charge >= 0.3 is 0 Å². The van der Waals surface area contributed by atoms with Crippen molar-refractivity contribution in [1.82, 2.24) is 9.03 Å². The molecule has 0 bridgehead atoms. The van der Waals surface area contributed by atoms with E-state index in [1.165, 1.54) is 17.5 Å². The maximum Gasteiger partial charge on any atom is 0.243 e. The summed E-state index contributed by atoms with van der Waals surface area (Å²) in [6.07, 6.45) is 1.67. The zero-order valence-electron chi connectivity index (χ0n) is 23.1. The van der Waals surface area contributed by atoms with Gasteiger partial charge in [-0.25, -0.2) is 21.6 Å². The molecule has 1 atom stereocenters. The van der Waals surface area contributed by atoms with Gasteiger partial charge in [-0.3, -0.25) is 0 Å². The number of sulfonamides is 2. The van der Waals surface area contributed by atoms with E-state index < -0.39 is 20.0 Å². The highest BCUT2D eigenvalue weighted by Gasteiger charge is 2.33. The van der Waals surface area contributed by atoms with Gasteiger partial charge in [0.2, 0.25) is 20.0 Å². The Kier molecular flexibility index (Phi) is 8.44. The van der Waals surface area contributed by atoms with E-state index in [2.05, 4.69) is 4.72 Å². The van der Waals surface area contributed by atoms with E-state index in [4.69, 9.17) is 9.47 Å². The van der Waals surface area contributed by atoms with Crippen LogP contribution in [0.5, 0.6) is 5.75 Å². The Bertz CT molecular complexity index is 1380. The minimum atomic E-state index is -3.74. The molecule has 2 saturated heterocycles. The van der Waals surface area contributed by atoms with Crippen LogP contribution in [-0.4, -0.2) is 73.7 Å². The number of hydrogen-bond donors (Lipinski definition) is 1. The van der Waals surface area contributed by atoms with E-state index in [0.717, 1.165) is 40.7 Å². The summed E-state index contributed by atoms with van der Waals surface area (Å²) >= 11 is 0. The van der Waals surface area contributed by atoms with Crippen LogP contribution in [0, 0.1) is 34.6 Å². The summed E-state index contributed by atoms with van der Waals surface area (Å²) in [6, 6.07) is 4.76. The first kappa shape index (κ1) is 28.8. The van der Waals surface area contributed by atoms with Gasteiger partial charge in [0.1, 0.15) is 5.75 Å². The fourth-order valence-corrected chi connectivity index (χ4v) is 8.39. The quantitative estimate of drug-likeness (QED) is 0.524. The van der Waals surface area contributed by atoms with Crippen LogP contribution in [0.4, 0.5) is 5.69 Å². The molecule has 9 nitrogen and oxygen atoms in total. The van der Waals surface area contributed by atoms with Crippen LogP contribution < -0.4 is 14.4 Å². The molecule has 2 heterocycles. The average Bonchev–Trinajstić information content (AvgIpc) is 3.43. The van der Waals surface area contributed by atoms with Crippen LogP contribution in [0.15, 0.2) is 28.0 Å². The lowest BCUT2D eigenvalue weighted by Gasteiger charge is -2.36. The highest BCUT2D eigenvalue weighted by molar-refractivity contribution is 7.89. The third-order valence-electron chi connectivity index (χ3n) is 8.09. The Hall–Kier alpha value is -2.18. The first-order valence-corrected chi connectivity index (χ1v) is 15.9. The van der Waals surface area contributed by atoms with E-state index in [1.807, 2.05) is 39.5 Å². The molecule has 4 rings (SSSR count). The smallest absolute Gasteiger partial charge is 0.243 e. The Morgan fingerprint density at radius 2 is 1.53 bits per heavy atom. The number of nitrogens with one attached hydrogen (secondary N) is 1. The normalized spacial score (nSPS) is 19.2. The number of hydrogen-bond acceptors (Lipinski definition) is 7. The Morgan fingerprint density at radius 1 is 0.921 bits per heavy atom. The molecule has 2 aliphatic heterocycles. The third-order valence-corrected chi connectivity index (χ3v) is 11.7. The van der Waals surface area contributed by atoms with Crippen LogP contribution in [-0.2, 0) is 24.8 Å². The minimum Gasteiger partial charge on any atom is -0.495 e. The minimum absolute atomic E-state index is 0.106. The monoisotopic (exact) mass is 565 g/mol. The zero-order valence-corrected chi connectivity index (χ0v) is 24.8. The van der Waals surface area contributed by atoms with Crippen molar-refractivity contribution in [2.75, 3.05) is 51.3 Å². The first-order valence-electron chi connectivity index (χ1n) is 13.0. The summed E-state index contributed by atoms with van der Waals surface area (Å²) in [5.74, 6) is 0.538. The van der Waals surface area contributed by atoms with Crippen molar-refractivity contribution in [3.05, 3.63) is 46.0 Å². The molecule has 0 spiro atoms. The topological polar surface area (TPSA) is 105 Å². The predicted octanol–water partition coefficient (Wildman–Crippen LogP) is 3.21. The van der Waals surface area contributed by atoms with Crippen LogP contribution in [0.1, 0.15) is 40.7 Å². The average molecular weight is 566 g/mol. The Balaban J connectivity index is 1.54. The van der Waals surface area contributed by atoms with Crippen molar-refractivity contribution in [1.29, 1.82) is 0 Å². The molecule has 2 aromatic rings. The van der Waals surface area contributed by atoms with Crippen LogP contribution in [0.25, 0.3) is 0 Å². The zero-order chi connectivity index (χ0) is 27.8. The number of piperazine rings is 1. The number of nitrogens with zero attached hydrogens (tertiary/aromatic N) is 2. The molecular weight excluding hydrogens is 526 g/mol. The molecule has 1 N–H and O–H groups in total. The van der Waals surface area contributed by atoms with Crippen LogP contribution in [0.3, 0.4) is 0 Å². The summed E-state index contributed by atoms with van der Waals surface area (Å²) < 4.78 is 68.8. The van der Waals surface area contributed by atoms with Gasteiger partial charge in [-0.1, -0.05) is 0 Å². The summed E-state index contributed by atoms with van der Waals surface area (Å²) in [7, 11) is -5.90. The van der Waals surface area contributed by atoms with Gasteiger partial charge in [0.25, 0.3) is 0 Å². The number of benzene rings is 2. The second-order valence-corrected chi connectivity index (χ2v) is 13.8. The van der Waals surface area contributed by atoms with Gasteiger partial charge in [-0.15, -0.1) is 0 Å². The lowest BCUT2D eigenvalue weighted by molar-refractivity contribution is 0.114. The van der Waals surface area contributed by atoms with Gasteiger partial charge in [-0.05, 0) is 93.5 Å². The largest absolute Gasteiger partial charge is 0.495 e. The summed E-state index contributed by atoms with van der Waals surface area (Å²) in [5.41, 5.74) is 5.34. The highest BCUT2D eigenvalue weighted by Crippen LogP contribution is 2.35. The Labute approximate surface area is 227 Å². The van der Waals surface area contributed by atoms with Gasteiger partial charge in [0, 0.05) is 39.3 Å². The van der Waals surface area contributed by atoms with Crippen molar-refractivity contribution in [3.8, 4) is 5.75 Å². The summed E-state index contributed by atoms with van der Waals surface area (Å²) in [6.45, 7) is 12.0. The summed E-state index contributed by atoms with van der Waals surface area (Å²) in [4.78, 5) is 2.52. The van der Waals surface area contributed by atoms with Gasteiger partial charge < -0.3 is 14.4 Å². The molecule has 0 aliphatic carbocycles. The van der Waals surface area contributed by atoms with E-state index in [1.54, 1.807) is 12.1 Å². The molecule has 0 amide bonds. The molecule has 11 heteroatoms. The maximum atomic E-state index is 13.8. The molecule has 0 aromatic heterocycles. The third kappa shape index (κ3) is 5.44. The fourth-order valence-electron chi connectivity index (χ4n) is 5.33. The van der Waals surface area contributed by atoms with Gasteiger partial charge in [-0.2, -0.15) is 4.31 Å². The van der Waals surface area contributed by atoms with Gasteiger partial charge in [0.15, 0.2) is 0 Å². The molecule has 210 valence electrons. The van der Waals surface area contributed by atoms with Crippen LogP contribution in [0.2, 0.25) is 0 Å². The molecule has 0 saturated carbocycles. The van der Waals surface area contributed by atoms with Crippen LogP contribution >= 0.6 is 0 Å². The second-order valence-electron chi connectivity index (χ2n) is 10.2. The predicted molar refractivity (Wildman–Crippen MR) is 148 cm³/mol. The van der Waals surface area contributed by atoms with E-state index in [0.29, 0.717) is 36.0 Å². The van der Waals surface area contributed by atoms with E-state index in [-0.39, 0.29) is 30.6 Å². The first-order chi connectivity index (χ1) is 17.9. The Morgan fingerprint density at radius 3 is 2.08 bits per heavy atom. The number of anilines is 1. The fraction of sp³-hybridized carbons (Fsp3) is 0.556. The number of rotatable bonds is 8. The maximum absolute atomic E-state index is 13.8. The second kappa shape index (κ2) is 11.1. The lowest BCUT2D eigenvalue weighted by atomic mass is 9.95.